The molecule has 0 amide bonds. The maximum absolute atomic E-state index is 11.0. The largest absolute Gasteiger partial charge is 0.497 e. The molecule has 2 aromatic rings. The predicted molar refractivity (Wildman–Crippen MR) is 79.2 cm³/mol. The fourth-order valence-corrected chi connectivity index (χ4v) is 1.99. The summed E-state index contributed by atoms with van der Waals surface area (Å²) in [5.74, 6) is 1.10. The molecule has 0 atom stereocenters. The van der Waals surface area contributed by atoms with Gasteiger partial charge in [-0.25, -0.2) is 0 Å². The van der Waals surface area contributed by atoms with Gasteiger partial charge in [-0.15, -0.1) is 0 Å². The zero-order valence-corrected chi connectivity index (χ0v) is 12.2. The Balaban J connectivity index is 2.14. The van der Waals surface area contributed by atoms with Crippen molar-refractivity contribution in [1.82, 2.24) is 0 Å². The predicted octanol–water partition coefficient (Wildman–Crippen LogP) is 4.39. The summed E-state index contributed by atoms with van der Waals surface area (Å²) in [4.78, 5) is 11.0. The smallest absolute Gasteiger partial charge is 0.153 e. The highest BCUT2D eigenvalue weighted by Crippen LogP contribution is 2.26. The molecule has 2 rings (SSSR count). The number of carbonyl (C=O) groups is 1. The van der Waals surface area contributed by atoms with Gasteiger partial charge in [-0.2, -0.15) is 0 Å². The van der Waals surface area contributed by atoms with Crippen LogP contribution in [-0.4, -0.2) is 13.4 Å². The lowest BCUT2D eigenvalue weighted by atomic mass is 10.2. The van der Waals surface area contributed by atoms with Crippen LogP contribution in [0.3, 0.4) is 0 Å². The van der Waals surface area contributed by atoms with Crippen LogP contribution in [0.25, 0.3) is 0 Å². The number of hydrogen-bond donors (Lipinski definition) is 0. The second-order valence-corrected chi connectivity index (χ2v) is 4.87. The molecule has 2 aromatic carbocycles. The van der Waals surface area contributed by atoms with E-state index in [4.69, 9.17) is 32.7 Å². The summed E-state index contributed by atoms with van der Waals surface area (Å²) >= 11 is 11.8. The molecule has 0 saturated carbocycles. The second kappa shape index (κ2) is 6.64. The van der Waals surface area contributed by atoms with Gasteiger partial charge in [0.25, 0.3) is 0 Å². The van der Waals surface area contributed by atoms with Crippen LogP contribution in [0.1, 0.15) is 15.9 Å². The molecule has 3 nitrogen and oxygen atoms in total. The molecule has 0 unspecified atom stereocenters. The summed E-state index contributed by atoms with van der Waals surface area (Å²) in [5.41, 5.74) is 1.30. The molecule has 0 aliphatic rings. The molecule has 0 N–H and O–H groups in total. The minimum atomic E-state index is 0.296. The van der Waals surface area contributed by atoms with Gasteiger partial charge < -0.3 is 9.47 Å². The van der Waals surface area contributed by atoms with Gasteiger partial charge in [0.2, 0.25) is 0 Å². The summed E-state index contributed by atoms with van der Waals surface area (Å²) in [6, 6.07) is 10.3. The molecule has 20 heavy (non-hydrogen) atoms. The monoisotopic (exact) mass is 310 g/mol. The van der Waals surface area contributed by atoms with Crippen molar-refractivity contribution in [3.05, 3.63) is 57.6 Å². The van der Waals surface area contributed by atoms with Gasteiger partial charge in [0, 0.05) is 0 Å². The van der Waals surface area contributed by atoms with E-state index in [-0.39, 0.29) is 0 Å². The van der Waals surface area contributed by atoms with E-state index in [2.05, 4.69) is 0 Å². The number of halogens is 2. The lowest BCUT2D eigenvalue weighted by Crippen LogP contribution is -1.99. The molecular weight excluding hydrogens is 299 g/mol. The van der Waals surface area contributed by atoms with Crippen LogP contribution in [-0.2, 0) is 6.61 Å². The number of benzene rings is 2. The van der Waals surface area contributed by atoms with Crippen molar-refractivity contribution >= 4 is 29.5 Å². The maximum atomic E-state index is 11.0. The number of carbonyl (C=O) groups excluding carboxylic acids is 1. The molecule has 0 aromatic heterocycles. The van der Waals surface area contributed by atoms with Crippen molar-refractivity contribution < 1.29 is 14.3 Å². The van der Waals surface area contributed by atoms with E-state index in [9.17, 15) is 4.79 Å². The first-order valence-electron chi connectivity index (χ1n) is 5.84. The minimum Gasteiger partial charge on any atom is -0.497 e. The average Bonchev–Trinajstić information content (AvgIpc) is 2.48. The van der Waals surface area contributed by atoms with Crippen LogP contribution < -0.4 is 9.47 Å². The number of rotatable bonds is 5. The second-order valence-electron chi connectivity index (χ2n) is 4.06. The Hall–Kier alpha value is -1.71. The van der Waals surface area contributed by atoms with E-state index in [1.54, 1.807) is 37.4 Å². The molecule has 0 bridgehead atoms. The van der Waals surface area contributed by atoms with Crippen LogP contribution in [0, 0.1) is 0 Å². The molecule has 0 heterocycles. The molecule has 0 aliphatic carbocycles. The van der Waals surface area contributed by atoms with E-state index in [0.29, 0.717) is 33.7 Å². The summed E-state index contributed by atoms with van der Waals surface area (Å²) in [6.07, 6.45) is 0.729. The fourth-order valence-electron chi connectivity index (χ4n) is 1.67. The van der Waals surface area contributed by atoms with Crippen molar-refractivity contribution in [3.63, 3.8) is 0 Å². The third-order valence-corrected chi connectivity index (χ3v) is 3.46. The van der Waals surface area contributed by atoms with E-state index in [0.717, 1.165) is 11.8 Å². The van der Waals surface area contributed by atoms with Crippen molar-refractivity contribution in [3.8, 4) is 11.5 Å². The molecule has 0 spiro atoms. The van der Waals surface area contributed by atoms with Gasteiger partial charge in [-0.3, -0.25) is 4.79 Å². The van der Waals surface area contributed by atoms with Crippen LogP contribution in [0.5, 0.6) is 11.5 Å². The highest BCUT2D eigenvalue weighted by Gasteiger charge is 2.06. The highest BCUT2D eigenvalue weighted by atomic mass is 35.5. The van der Waals surface area contributed by atoms with Crippen LogP contribution in [0.15, 0.2) is 36.4 Å². The number of hydrogen-bond acceptors (Lipinski definition) is 3. The third kappa shape index (κ3) is 3.44. The summed E-state index contributed by atoms with van der Waals surface area (Å²) in [7, 11) is 1.54. The van der Waals surface area contributed by atoms with Gasteiger partial charge in [-0.1, -0.05) is 29.3 Å². The third-order valence-electron chi connectivity index (χ3n) is 2.72. The Morgan fingerprint density at radius 2 is 1.90 bits per heavy atom. The fraction of sp³-hybridized carbons (Fsp3) is 0.133. The van der Waals surface area contributed by atoms with Gasteiger partial charge in [0.05, 0.1) is 22.7 Å². The number of aldehydes is 1. The normalized spacial score (nSPS) is 10.2. The van der Waals surface area contributed by atoms with Crippen LogP contribution in [0.2, 0.25) is 10.0 Å². The maximum Gasteiger partial charge on any atom is 0.153 e. The Morgan fingerprint density at radius 1 is 1.10 bits per heavy atom. The molecule has 5 heteroatoms. The van der Waals surface area contributed by atoms with E-state index in [1.165, 1.54) is 0 Å². The van der Waals surface area contributed by atoms with Crippen molar-refractivity contribution in [1.29, 1.82) is 0 Å². The average molecular weight is 311 g/mol. The van der Waals surface area contributed by atoms with Crippen molar-refractivity contribution in [2.45, 2.75) is 6.61 Å². The lowest BCUT2D eigenvalue weighted by Gasteiger charge is -2.10. The first-order chi connectivity index (χ1) is 9.63. The van der Waals surface area contributed by atoms with Crippen molar-refractivity contribution in [2.75, 3.05) is 7.11 Å². The highest BCUT2D eigenvalue weighted by molar-refractivity contribution is 6.42. The van der Waals surface area contributed by atoms with E-state index >= 15 is 0 Å². The molecule has 0 fully saturated rings. The molecule has 104 valence electrons. The summed E-state index contributed by atoms with van der Waals surface area (Å²) < 4.78 is 10.7. The number of methoxy groups -OCH3 is 1. The minimum absolute atomic E-state index is 0.296. The molecule has 0 radical (unpaired) electrons. The van der Waals surface area contributed by atoms with Gasteiger partial charge in [0.1, 0.15) is 18.1 Å². The molecule has 0 aliphatic heterocycles. The standard InChI is InChI=1S/C15H12Cl2O3/c1-19-12-3-5-15(11(7-12)8-18)20-9-10-2-4-13(16)14(17)6-10/h2-8H,9H2,1H3. The Kier molecular flexibility index (Phi) is 4.88. The molecule has 0 saturated heterocycles. The topological polar surface area (TPSA) is 35.5 Å². The lowest BCUT2D eigenvalue weighted by molar-refractivity contribution is 0.111. The van der Waals surface area contributed by atoms with Crippen LogP contribution in [0.4, 0.5) is 0 Å². The zero-order valence-electron chi connectivity index (χ0n) is 10.7. The zero-order chi connectivity index (χ0) is 14.5. The van der Waals surface area contributed by atoms with Gasteiger partial charge >= 0.3 is 0 Å². The first-order valence-corrected chi connectivity index (χ1v) is 6.59. The van der Waals surface area contributed by atoms with E-state index < -0.39 is 0 Å². The quantitative estimate of drug-likeness (QED) is 0.768. The Labute approximate surface area is 127 Å². The van der Waals surface area contributed by atoms with E-state index in [1.807, 2.05) is 6.07 Å². The van der Waals surface area contributed by atoms with Gasteiger partial charge in [-0.05, 0) is 35.9 Å². The van der Waals surface area contributed by atoms with Gasteiger partial charge in [0.15, 0.2) is 6.29 Å². The van der Waals surface area contributed by atoms with Crippen molar-refractivity contribution in [2.24, 2.45) is 0 Å². The number of ether oxygens (including phenoxy) is 2. The molecular formula is C15H12Cl2O3. The SMILES string of the molecule is COc1ccc(OCc2ccc(Cl)c(Cl)c2)c(C=O)c1. The van der Waals surface area contributed by atoms with Crippen LogP contribution >= 0.6 is 23.2 Å². The first kappa shape index (κ1) is 14.7. The Bertz CT molecular complexity index is 627. The summed E-state index contributed by atoms with van der Waals surface area (Å²) in [6.45, 7) is 0.296. The summed E-state index contributed by atoms with van der Waals surface area (Å²) in [5, 5.41) is 0.964. The Morgan fingerprint density at radius 3 is 2.55 bits per heavy atom.